The first-order valence-electron chi connectivity index (χ1n) is 6.17. The average molecular weight is 272 g/mol. The van der Waals surface area contributed by atoms with Crippen molar-refractivity contribution in [3.63, 3.8) is 0 Å². The van der Waals surface area contributed by atoms with Crippen molar-refractivity contribution < 1.29 is 9.53 Å². The Morgan fingerprint density at radius 1 is 1.30 bits per heavy atom. The smallest absolute Gasteiger partial charge is 0.255 e. The van der Waals surface area contributed by atoms with Gasteiger partial charge in [0.15, 0.2) is 6.61 Å². The third-order valence-electron chi connectivity index (χ3n) is 2.54. The van der Waals surface area contributed by atoms with Gasteiger partial charge in [0.25, 0.3) is 5.91 Å². The summed E-state index contributed by atoms with van der Waals surface area (Å²) in [5, 5.41) is 3.24. The summed E-state index contributed by atoms with van der Waals surface area (Å²) < 4.78 is 5.18. The molecule has 0 unspecified atom stereocenters. The normalized spacial score (nSPS) is 10.1. The highest BCUT2D eigenvalue weighted by atomic mass is 16.5. The zero-order valence-corrected chi connectivity index (χ0v) is 11.2. The summed E-state index contributed by atoms with van der Waals surface area (Å²) in [6, 6.07) is 9.14. The first-order valence-corrected chi connectivity index (χ1v) is 6.17. The summed E-state index contributed by atoms with van der Waals surface area (Å²) in [7, 11) is 0. The van der Waals surface area contributed by atoms with Crippen molar-refractivity contribution in [2.75, 3.05) is 11.9 Å². The molecule has 3 N–H and O–H groups in total. The highest BCUT2D eigenvalue weighted by Crippen LogP contribution is 2.16. The molecule has 20 heavy (non-hydrogen) atoms. The van der Waals surface area contributed by atoms with E-state index < -0.39 is 5.91 Å². The Morgan fingerprint density at radius 2 is 2.05 bits per heavy atom. The first kappa shape index (κ1) is 13.8. The van der Waals surface area contributed by atoms with Crippen LogP contribution >= 0.6 is 0 Å². The standard InChI is InChI=1S/C14H16N4O2/c1-10-16-7-6-12(18-10)8-17-11-2-4-13(5-3-11)20-9-14(15)19/h2-7,17H,8-9H2,1H3,(H2,15,19). The molecule has 0 spiro atoms. The molecule has 0 aliphatic heterocycles. The van der Waals surface area contributed by atoms with Crippen molar-refractivity contribution in [1.29, 1.82) is 0 Å². The lowest BCUT2D eigenvalue weighted by Crippen LogP contribution is -2.19. The van der Waals surface area contributed by atoms with Gasteiger partial charge in [-0.2, -0.15) is 0 Å². The number of benzene rings is 1. The van der Waals surface area contributed by atoms with Gasteiger partial charge in [-0.15, -0.1) is 0 Å². The summed E-state index contributed by atoms with van der Waals surface area (Å²) in [5.74, 6) is 0.859. The highest BCUT2D eigenvalue weighted by Gasteiger charge is 1.99. The zero-order valence-electron chi connectivity index (χ0n) is 11.2. The van der Waals surface area contributed by atoms with Gasteiger partial charge in [-0.1, -0.05) is 0 Å². The molecule has 0 saturated carbocycles. The van der Waals surface area contributed by atoms with Crippen LogP contribution in [0.5, 0.6) is 5.75 Å². The molecule has 0 fully saturated rings. The molecule has 0 aliphatic rings. The summed E-state index contributed by atoms with van der Waals surface area (Å²) in [6.07, 6.45) is 1.74. The van der Waals surface area contributed by atoms with Crippen molar-refractivity contribution in [2.24, 2.45) is 5.73 Å². The van der Waals surface area contributed by atoms with Crippen LogP contribution in [-0.4, -0.2) is 22.5 Å². The molecular formula is C14H16N4O2. The summed E-state index contributed by atoms with van der Waals surface area (Å²) in [4.78, 5) is 19.0. The number of carbonyl (C=O) groups excluding carboxylic acids is 1. The lowest BCUT2D eigenvalue weighted by Gasteiger charge is -2.08. The van der Waals surface area contributed by atoms with E-state index >= 15 is 0 Å². The molecule has 6 heteroatoms. The van der Waals surface area contributed by atoms with Gasteiger partial charge in [0.1, 0.15) is 11.6 Å². The second-order valence-corrected chi connectivity index (χ2v) is 4.23. The highest BCUT2D eigenvalue weighted by molar-refractivity contribution is 5.75. The van der Waals surface area contributed by atoms with Crippen LogP contribution in [-0.2, 0) is 11.3 Å². The van der Waals surface area contributed by atoms with Gasteiger partial charge in [-0.25, -0.2) is 9.97 Å². The Hall–Kier alpha value is -2.63. The minimum absolute atomic E-state index is 0.118. The van der Waals surface area contributed by atoms with E-state index in [0.29, 0.717) is 12.3 Å². The van der Waals surface area contributed by atoms with Gasteiger partial charge in [-0.3, -0.25) is 4.79 Å². The Balaban J connectivity index is 1.89. The maximum Gasteiger partial charge on any atom is 0.255 e. The van der Waals surface area contributed by atoms with Gasteiger partial charge < -0.3 is 15.8 Å². The van der Waals surface area contributed by atoms with Crippen LogP contribution < -0.4 is 15.8 Å². The zero-order chi connectivity index (χ0) is 14.4. The molecule has 2 rings (SSSR count). The average Bonchev–Trinajstić information content (AvgIpc) is 2.44. The quantitative estimate of drug-likeness (QED) is 0.826. The predicted molar refractivity (Wildman–Crippen MR) is 75.2 cm³/mol. The lowest BCUT2D eigenvalue weighted by molar-refractivity contribution is -0.119. The molecule has 0 saturated heterocycles. The molecule has 104 valence electrons. The number of nitrogens with two attached hydrogens (primary N) is 1. The van der Waals surface area contributed by atoms with E-state index in [-0.39, 0.29) is 6.61 Å². The van der Waals surface area contributed by atoms with Gasteiger partial charge in [0.05, 0.1) is 12.2 Å². The van der Waals surface area contributed by atoms with Crippen molar-refractivity contribution >= 4 is 11.6 Å². The van der Waals surface area contributed by atoms with Gasteiger partial charge >= 0.3 is 0 Å². The fourth-order valence-corrected chi connectivity index (χ4v) is 1.62. The molecule has 0 bridgehead atoms. The lowest BCUT2D eigenvalue weighted by atomic mass is 10.3. The third kappa shape index (κ3) is 4.24. The molecule has 0 aliphatic carbocycles. The van der Waals surface area contributed by atoms with E-state index in [2.05, 4.69) is 15.3 Å². The summed E-state index contributed by atoms with van der Waals surface area (Å²) >= 11 is 0. The van der Waals surface area contributed by atoms with Gasteiger partial charge in [0, 0.05) is 11.9 Å². The minimum Gasteiger partial charge on any atom is -0.484 e. The molecule has 1 heterocycles. The van der Waals surface area contributed by atoms with Crippen molar-refractivity contribution in [2.45, 2.75) is 13.5 Å². The molecule has 0 atom stereocenters. The van der Waals surface area contributed by atoms with E-state index in [9.17, 15) is 4.79 Å². The maximum absolute atomic E-state index is 10.6. The van der Waals surface area contributed by atoms with Crippen molar-refractivity contribution in [3.05, 3.63) is 48.0 Å². The van der Waals surface area contributed by atoms with Crippen LogP contribution in [0.4, 0.5) is 5.69 Å². The Morgan fingerprint density at radius 3 is 2.70 bits per heavy atom. The number of aryl methyl sites for hydroxylation is 1. The van der Waals surface area contributed by atoms with E-state index in [0.717, 1.165) is 17.2 Å². The number of carbonyl (C=O) groups is 1. The number of rotatable bonds is 6. The SMILES string of the molecule is Cc1nccc(CNc2ccc(OCC(N)=O)cc2)n1. The number of aromatic nitrogens is 2. The Labute approximate surface area is 117 Å². The first-order chi connectivity index (χ1) is 9.63. The van der Waals surface area contributed by atoms with Crippen LogP contribution in [0.3, 0.4) is 0 Å². The second kappa shape index (κ2) is 6.51. The van der Waals surface area contributed by atoms with Crippen molar-refractivity contribution in [3.8, 4) is 5.75 Å². The summed E-state index contributed by atoms with van der Waals surface area (Å²) in [5.41, 5.74) is 6.87. The molecule has 0 radical (unpaired) electrons. The topological polar surface area (TPSA) is 90.1 Å². The number of hydrogen-bond donors (Lipinski definition) is 2. The van der Waals surface area contributed by atoms with Crippen LogP contribution in [0.25, 0.3) is 0 Å². The largest absolute Gasteiger partial charge is 0.484 e. The van der Waals surface area contributed by atoms with Crippen LogP contribution in [0.2, 0.25) is 0 Å². The van der Waals surface area contributed by atoms with Crippen LogP contribution in [0.1, 0.15) is 11.5 Å². The van der Waals surface area contributed by atoms with E-state index in [4.69, 9.17) is 10.5 Å². The molecule has 2 aromatic rings. The van der Waals surface area contributed by atoms with E-state index in [1.807, 2.05) is 25.1 Å². The van der Waals surface area contributed by atoms with E-state index in [1.54, 1.807) is 18.3 Å². The Bertz CT molecular complexity index is 584. The summed E-state index contributed by atoms with van der Waals surface area (Å²) in [6.45, 7) is 2.35. The predicted octanol–water partition coefficient (Wildman–Crippen LogP) is 1.26. The maximum atomic E-state index is 10.6. The number of amides is 1. The van der Waals surface area contributed by atoms with Gasteiger partial charge in [0.2, 0.25) is 0 Å². The monoisotopic (exact) mass is 272 g/mol. The molecule has 1 aromatic carbocycles. The number of ether oxygens (including phenoxy) is 1. The molecule has 1 amide bonds. The van der Waals surface area contributed by atoms with Gasteiger partial charge in [-0.05, 0) is 37.3 Å². The number of anilines is 1. The fraction of sp³-hybridized carbons (Fsp3) is 0.214. The van der Waals surface area contributed by atoms with Crippen LogP contribution in [0, 0.1) is 6.92 Å². The number of hydrogen-bond acceptors (Lipinski definition) is 5. The third-order valence-corrected chi connectivity index (χ3v) is 2.54. The number of nitrogens with one attached hydrogen (secondary N) is 1. The second-order valence-electron chi connectivity index (χ2n) is 4.23. The molecule has 1 aromatic heterocycles. The fourth-order valence-electron chi connectivity index (χ4n) is 1.62. The molecule has 6 nitrogen and oxygen atoms in total. The number of primary amides is 1. The molecular weight excluding hydrogens is 256 g/mol. The minimum atomic E-state index is -0.494. The number of nitrogens with zero attached hydrogens (tertiary/aromatic N) is 2. The van der Waals surface area contributed by atoms with Crippen LogP contribution in [0.15, 0.2) is 36.5 Å². The van der Waals surface area contributed by atoms with Crippen molar-refractivity contribution in [1.82, 2.24) is 9.97 Å². The Kier molecular flexibility index (Phi) is 4.49. The van der Waals surface area contributed by atoms with E-state index in [1.165, 1.54) is 0 Å².